The molecule has 0 saturated heterocycles. The Labute approximate surface area is 96.7 Å². The van der Waals surface area contributed by atoms with Crippen LogP contribution in [0.3, 0.4) is 0 Å². The molecule has 1 rings (SSSR count). The second-order valence-electron chi connectivity index (χ2n) is 4.49. The summed E-state index contributed by atoms with van der Waals surface area (Å²) in [6.07, 6.45) is 0. The van der Waals surface area contributed by atoms with Gasteiger partial charge in [-0.05, 0) is 32.9 Å². The second kappa shape index (κ2) is 5.27. The van der Waals surface area contributed by atoms with Crippen LogP contribution in [0.15, 0.2) is 12.1 Å². The van der Waals surface area contributed by atoms with E-state index in [1.807, 2.05) is 20.8 Å². The lowest BCUT2D eigenvalue weighted by atomic mass is 10.1. The minimum absolute atomic E-state index is 0.209. The zero-order valence-corrected chi connectivity index (χ0v) is 10.4. The molecule has 0 unspecified atom stereocenters. The van der Waals surface area contributed by atoms with E-state index >= 15 is 0 Å². The highest BCUT2D eigenvalue weighted by molar-refractivity contribution is 5.27. The van der Waals surface area contributed by atoms with E-state index in [1.165, 1.54) is 0 Å². The highest BCUT2D eigenvalue weighted by Crippen LogP contribution is 2.14. The SMILES string of the molecule is COC(C)(C)CNCc1nc(C)ccc1O. The molecule has 1 heterocycles. The van der Waals surface area contributed by atoms with E-state index in [1.54, 1.807) is 19.2 Å². The van der Waals surface area contributed by atoms with Gasteiger partial charge in [0, 0.05) is 25.9 Å². The summed E-state index contributed by atoms with van der Waals surface area (Å²) in [5.41, 5.74) is 1.37. The Kier molecular flexibility index (Phi) is 4.26. The summed E-state index contributed by atoms with van der Waals surface area (Å²) in [6.45, 7) is 7.16. The topological polar surface area (TPSA) is 54.4 Å². The predicted octanol–water partition coefficient (Wildman–Crippen LogP) is 1.61. The molecule has 90 valence electrons. The quantitative estimate of drug-likeness (QED) is 0.798. The van der Waals surface area contributed by atoms with Crippen LogP contribution < -0.4 is 5.32 Å². The third-order valence-corrected chi connectivity index (χ3v) is 2.49. The van der Waals surface area contributed by atoms with Gasteiger partial charge in [-0.15, -0.1) is 0 Å². The number of aromatic nitrogens is 1. The van der Waals surface area contributed by atoms with Crippen molar-refractivity contribution >= 4 is 0 Å². The molecular formula is C12H20N2O2. The van der Waals surface area contributed by atoms with Crippen LogP contribution >= 0.6 is 0 Å². The molecule has 0 aliphatic heterocycles. The van der Waals surface area contributed by atoms with Crippen molar-refractivity contribution in [3.8, 4) is 5.75 Å². The molecule has 4 nitrogen and oxygen atoms in total. The van der Waals surface area contributed by atoms with Gasteiger partial charge < -0.3 is 15.2 Å². The van der Waals surface area contributed by atoms with Crippen molar-refractivity contribution in [2.45, 2.75) is 32.9 Å². The molecule has 16 heavy (non-hydrogen) atoms. The molecule has 0 radical (unpaired) electrons. The standard InChI is InChI=1S/C12H20N2O2/c1-9-5-6-11(15)10(14-9)7-13-8-12(2,3)16-4/h5-6,13,15H,7-8H2,1-4H3. The van der Waals surface area contributed by atoms with Gasteiger partial charge in [-0.2, -0.15) is 0 Å². The normalized spacial score (nSPS) is 11.8. The number of rotatable bonds is 5. The van der Waals surface area contributed by atoms with Gasteiger partial charge in [-0.3, -0.25) is 4.98 Å². The average molecular weight is 224 g/mol. The minimum atomic E-state index is -0.209. The van der Waals surface area contributed by atoms with Gasteiger partial charge in [-0.25, -0.2) is 0 Å². The van der Waals surface area contributed by atoms with Crippen LogP contribution in [0, 0.1) is 6.92 Å². The largest absolute Gasteiger partial charge is 0.506 e. The summed E-state index contributed by atoms with van der Waals surface area (Å²) < 4.78 is 5.28. The fourth-order valence-corrected chi connectivity index (χ4v) is 1.29. The lowest BCUT2D eigenvalue weighted by Gasteiger charge is -2.23. The molecule has 0 spiro atoms. The number of aryl methyl sites for hydroxylation is 1. The van der Waals surface area contributed by atoms with Crippen LogP contribution in [0.25, 0.3) is 0 Å². The fourth-order valence-electron chi connectivity index (χ4n) is 1.29. The van der Waals surface area contributed by atoms with E-state index in [0.717, 1.165) is 5.69 Å². The Morgan fingerprint density at radius 3 is 2.75 bits per heavy atom. The average Bonchev–Trinajstić information content (AvgIpc) is 2.23. The van der Waals surface area contributed by atoms with Gasteiger partial charge in [0.05, 0.1) is 11.3 Å². The van der Waals surface area contributed by atoms with Crippen LogP contribution in [0.2, 0.25) is 0 Å². The smallest absolute Gasteiger partial charge is 0.138 e. The zero-order valence-electron chi connectivity index (χ0n) is 10.4. The molecule has 0 saturated carbocycles. The molecular weight excluding hydrogens is 204 g/mol. The van der Waals surface area contributed by atoms with Crippen LogP contribution in [-0.2, 0) is 11.3 Å². The van der Waals surface area contributed by atoms with Gasteiger partial charge in [0.2, 0.25) is 0 Å². The number of methoxy groups -OCH3 is 1. The molecule has 1 aromatic rings. The van der Waals surface area contributed by atoms with Crippen LogP contribution in [0.4, 0.5) is 0 Å². The Bertz CT molecular complexity index is 351. The first kappa shape index (κ1) is 12.9. The van der Waals surface area contributed by atoms with Crippen molar-refractivity contribution in [1.29, 1.82) is 0 Å². The molecule has 0 aliphatic rings. The van der Waals surface area contributed by atoms with Crippen molar-refractivity contribution in [3.63, 3.8) is 0 Å². The second-order valence-corrected chi connectivity index (χ2v) is 4.49. The van der Waals surface area contributed by atoms with E-state index in [0.29, 0.717) is 18.8 Å². The van der Waals surface area contributed by atoms with E-state index in [2.05, 4.69) is 10.3 Å². The summed E-state index contributed by atoms with van der Waals surface area (Å²) >= 11 is 0. The van der Waals surface area contributed by atoms with E-state index in [-0.39, 0.29) is 11.4 Å². The summed E-state index contributed by atoms with van der Waals surface area (Å²) in [7, 11) is 1.68. The Morgan fingerprint density at radius 2 is 2.12 bits per heavy atom. The Morgan fingerprint density at radius 1 is 1.44 bits per heavy atom. The van der Waals surface area contributed by atoms with Gasteiger partial charge in [0.1, 0.15) is 5.75 Å². The monoisotopic (exact) mass is 224 g/mol. The predicted molar refractivity (Wildman–Crippen MR) is 63.4 cm³/mol. The molecule has 1 aromatic heterocycles. The fraction of sp³-hybridized carbons (Fsp3) is 0.583. The summed E-state index contributed by atoms with van der Waals surface area (Å²) in [6, 6.07) is 3.46. The van der Waals surface area contributed by atoms with Crippen molar-refractivity contribution in [2.75, 3.05) is 13.7 Å². The minimum Gasteiger partial charge on any atom is -0.506 e. The molecule has 0 aromatic carbocycles. The van der Waals surface area contributed by atoms with E-state index in [4.69, 9.17) is 4.74 Å². The van der Waals surface area contributed by atoms with Crippen LogP contribution in [0.1, 0.15) is 25.2 Å². The molecule has 0 fully saturated rings. The van der Waals surface area contributed by atoms with Crippen molar-refractivity contribution in [2.24, 2.45) is 0 Å². The lowest BCUT2D eigenvalue weighted by Crippen LogP contribution is -2.36. The maximum absolute atomic E-state index is 9.59. The van der Waals surface area contributed by atoms with E-state index < -0.39 is 0 Å². The van der Waals surface area contributed by atoms with E-state index in [9.17, 15) is 5.11 Å². The third kappa shape index (κ3) is 3.79. The van der Waals surface area contributed by atoms with Crippen molar-refractivity contribution < 1.29 is 9.84 Å². The van der Waals surface area contributed by atoms with Gasteiger partial charge in [-0.1, -0.05) is 0 Å². The molecule has 0 aliphatic carbocycles. The number of hydrogen-bond acceptors (Lipinski definition) is 4. The van der Waals surface area contributed by atoms with Gasteiger partial charge in [0.25, 0.3) is 0 Å². The molecule has 0 amide bonds. The number of hydrogen-bond donors (Lipinski definition) is 2. The first-order valence-electron chi connectivity index (χ1n) is 5.36. The van der Waals surface area contributed by atoms with Gasteiger partial charge in [0.15, 0.2) is 0 Å². The Hall–Kier alpha value is -1.13. The highest BCUT2D eigenvalue weighted by Gasteiger charge is 2.15. The van der Waals surface area contributed by atoms with Gasteiger partial charge >= 0.3 is 0 Å². The maximum atomic E-state index is 9.59. The van der Waals surface area contributed by atoms with Crippen LogP contribution in [0.5, 0.6) is 5.75 Å². The number of ether oxygens (including phenoxy) is 1. The summed E-state index contributed by atoms with van der Waals surface area (Å²) in [5, 5.41) is 12.8. The highest BCUT2D eigenvalue weighted by atomic mass is 16.5. The summed E-state index contributed by atoms with van der Waals surface area (Å²) in [4.78, 5) is 4.26. The molecule has 0 atom stereocenters. The Balaban J connectivity index is 2.52. The molecule has 2 N–H and O–H groups in total. The zero-order chi connectivity index (χ0) is 12.2. The van der Waals surface area contributed by atoms with Crippen molar-refractivity contribution in [3.05, 3.63) is 23.5 Å². The molecule has 0 bridgehead atoms. The number of aromatic hydroxyl groups is 1. The van der Waals surface area contributed by atoms with Crippen LogP contribution in [-0.4, -0.2) is 29.3 Å². The first-order chi connectivity index (χ1) is 7.44. The lowest BCUT2D eigenvalue weighted by molar-refractivity contribution is 0.0229. The maximum Gasteiger partial charge on any atom is 0.138 e. The number of pyridine rings is 1. The number of nitrogens with one attached hydrogen (secondary N) is 1. The number of nitrogens with zero attached hydrogens (tertiary/aromatic N) is 1. The summed E-state index contributed by atoms with van der Waals surface area (Å²) in [5.74, 6) is 0.230. The molecule has 4 heteroatoms. The third-order valence-electron chi connectivity index (χ3n) is 2.49. The first-order valence-corrected chi connectivity index (χ1v) is 5.36. The van der Waals surface area contributed by atoms with Crippen molar-refractivity contribution in [1.82, 2.24) is 10.3 Å².